The van der Waals surface area contributed by atoms with Gasteiger partial charge in [0.15, 0.2) is 0 Å². The Balaban J connectivity index is 1.91. The van der Waals surface area contributed by atoms with Gasteiger partial charge in [0, 0.05) is 13.1 Å². The smallest absolute Gasteiger partial charge is 0.0698 e. The largest absolute Gasteiger partial charge is 0.299 e. The predicted molar refractivity (Wildman–Crippen MR) is 41.7 cm³/mol. The predicted octanol–water partition coefficient (Wildman–Crippen LogP) is 1.81. The van der Waals surface area contributed by atoms with Crippen LogP contribution in [0.4, 0.5) is 0 Å². The van der Waals surface area contributed by atoms with Crippen molar-refractivity contribution in [2.24, 2.45) is 0 Å². The third-order valence-corrected chi connectivity index (χ3v) is 1.84. The van der Waals surface area contributed by atoms with Crippen molar-refractivity contribution in [2.75, 3.05) is 19.7 Å². The van der Waals surface area contributed by atoms with Gasteiger partial charge >= 0.3 is 0 Å². The van der Waals surface area contributed by atoms with E-state index in [9.17, 15) is 0 Å². The molecule has 0 aromatic rings. The Morgan fingerprint density at radius 1 is 1.40 bits per heavy atom. The highest BCUT2D eigenvalue weighted by Gasteiger charge is 2.10. The second-order valence-corrected chi connectivity index (χ2v) is 2.82. The lowest BCUT2D eigenvalue weighted by atomic mass is 10.2. The SMILES string of the molecule is CCCCCN1CCCO1. The maximum Gasteiger partial charge on any atom is 0.0698 e. The first-order valence-electron chi connectivity index (χ1n) is 4.31. The second kappa shape index (κ2) is 4.69. The lowest BCUT2D eigenvalue weighted by Gasteiger charge is -2.11. The van der Waals surface area contributed by atoms with Crippen LogP contribution in [0.25, 0.3) is 0 Å². The zero-order valence-corrected chi connectivity index (χ0v) is 6.81. The van der Waals surface area contributed by atoms with E-state index in [4.69, 9.17) is 4.84 Å². The topological polar surface area (TPSA) is 12.5 Å². The van der Waals surface area contributed by atoms with Crippen molar-refractivity contribution in [1.29, 1.82) is 0 Å². The van der Waals surface area contributed by atoms with Crippen molar-refractivity contribution < 1.29 is 4.84 Å². The Labute approximate surface area is 63.1 Å². The van der Waals surface area contributed by atoms with Crippen molar-refractivity contribution >= 4 is 0 Å². The summed E-state index contributed by atoms with van der Waals surface area (Å²) >= 11 is 0. The summed E-state index contributed by atoms with van der Waals surface area (Å²) in [4.78, 5) is 5.33. The monoisotopic (exact) mass is 143 g/mol. The zero-order chi connectivity index (χ0) is 7.23. The standard InChI is InChI=1S/C8H17NO/c1-2-3-4-6-9-7-5-8-10-9/h2-8H2,1H3. The van der Waals surface area contributed by atoms with Crippen LogP contribution in [0.1, 0.15) is 32.6 Å². The van der Waals surface area contributed by atoms with Crippen LogP contribution in [-0.2, 0) is 4.84 Å². The molecule has 0 aromatic heterocycles. The summed E-state index contributed by atoms with van der Waals surface area (Å²) in [5, 5.41) is 2.09. The number of hydrogen-bond donors (Lipinski definition) is 0. The van der Waals surface area contributed by atoms with E-state index in [1.807, 2.05) is 0 Å². The van der Waals surface area contributed by atoms with E-state index in [2.05, 4.69) is 12.0 Å². The highest BCUT2D eigenvalue weighted by Crippen LogP contribution is 2.05. The van der Waals surface area contributed by atoms with E-state index in [0.717, 1.165) is 19.7 Å². The van der Waals surface area contributed by atoms with Crippen LogP contribution in [0.5, 0.6) is 0 Å². The summed E-state index contributed by atoms with van der Waals surface area (Å²) in [6.07, 6.45) is 5.14. The van der Waals surface area contributed by atoms with Gasteiger partial charge in [-0.25, -0.2) is 0 Å². The van der Waals surface area contributed by atoms with Gasteiger partial charge < -0.3 is 0 Å². The Bertz CT molecular complexity index is 79.3. The Morgan fingerprint density at radius 3 is 2.90 bits per heavy atom. The van der Waals surface area contributed by atoms with Gasteiger partial charge in [-0.3, -0.25) is 4.84 Å². The van der Waals surface area contributed by atoms with Gasteiger partial charge in [0.25, 0.3) is 0 Å². The first kappa shape index (κ1) is 8.02. The molecule has 0 radical (unpaired) electrons. The second-order valence-electron chi connectivity index (χ2n) is 2.82. The molecule has 0 aliphatic carbocycles. The molecule has 0 amide bonds. The molecule has 0 atom stereocenters. The Morgan fingerprint density at radius 2 is 2.30 bits per heavy atom. The van der Waals surface area contributed by atoms with Crippen LogP contribution in [0.3, 0.4) is 0 Å². The van der Waals surface area contributed by atoms with Gasteiger partial charge in [0.1, 0.15) is 0 Å². The van der Waals surface area contributed by atoms with E-state index in [-0.39, 0.29) is 0 Å². The molecule has 10 heavy (non-hydrogen) atoms. The molecule has 2 nitrogen and oxygen atoms in total. The molecule has 0 aromatic carbocycles. The van der Waals surface area contributed by atoms with Crippen LogP contribution in [0, 0.1) is 0 Å². The molecule has 1 aliphatic heterocycles. The maximum absolute atomic E-state index is 5.33. The van der Waals surface area contributed by atoms with Crippen molar-refractivity contribution in [3.05, 3.63) is 0 Å². The highest BCUT2D eigenvalue weighted by atomic mass is 16.7. The van der Waals surface area contributed by atoms with Gasteiger partial charge in [-0.15, -0.1) is 0 Å². The van der Waals surface area contributed by atoms with Gasteiger partial charge in [0.2, 0.25) is 0 Å². The minimum absolute atomic E-state index is 0.937. The van der Waals surface area contributed by atoms with Crippen molar-refractivity contribution in [2.45, 2.75) is 32.6 Å². The normalized spacial score (nSPS) is 20.1. The molecule has 1 heterocycles. The Hall–Kier alpha value is -0.0800. The number of nitrogens with zero attached hydrogens (tertiary/aromatic N) is 1. The van der Waals surface area contributed by atoms with E-state index >= 15 is 0 Å². The number of rotatable bonds is 4. The van der Waals surface area contributed by atoms with E-state index in [1.54, 1.807) is 0 Å². The first-order chi connectivity index (χ1) is 4.93. The fourth-order valence-corrected chi connectivity index (χ4v) is 1.21. The van der Waals surface area contributed by atoms with Gasteiger partial charge in [-0.1, -0.05) is 19.8 Å². The summed E-state index contributed by atoms with van der Waals surface area (Å²) in [5.74, 6) is 0. The number of hydrogen-bond acceptors (Lipinski definition) is 2. The average molecular weight is 143 g/mol. The van der Waals surface area contributed by atoms with Crippen LogP contribution in [0.2, 0.25) is 0 Å². The summed E-state index contributed by atoms with van der Waals surface area (Å²) in [6.45, 7) is 5.44. The van der Waals surface area contributed by atoms with E-state index in [1.165, 1.54) is 25.7 Å². The molecule has 2 heteroatoms. The van der Waals surface area contributed by atoms with Crippen molar-refractivity contribution in [3.8, 4) is 0 Å². The minimum Gasteiger partial charge on any atom is -0.299 e. The molecule has 1 saturated heterocycles. The fourth-order valence-electron chi connectivity index (χ4n) is 1.21. The number of hydroxylamine groups is 2. The third-order valence-electron chi connectivity index (χ3n) is 1.84. The lowest BCUT2D eigenvalue weighted by Crippen LogP contribution is -2.18. The van der Waals surface area contributed by atoms with Crippen LogP contribution < -0.4 is 0 Å². The molecule has 0 saturated carbocycles. The maximum atomic E-state index is 5.33. The van der Waals surface area contributed by atoms with Crippen LogP contribution >= 0.6 is 0 Å². The Kier molecular flexibility index (Phi) is 3.76. The molecular weight excluding hydrogens is 126 g/mol. The molecule has 1 aliphatic rings. The highest BCUT2D eigenvalue weighted by molar-refractivity contribution is 4.53. The van der Waals surface area contributed by atoms with Crippen LogP contribution in [-0.4, -0.2) is 24.8 Å². The molecule has 60 valence electrons. The molecule has 0 bridgehead atoms. The van der Waals surface area contributed by atoms with Crippen molar-refractivity contribution in [3.63, 3.8) is 0 Å². The fraction of sp³-hybridized carbons (Fsp3) is 1.00. The first-order valence-corrected chi connectivity index (χ1v) is 4.31. The summed E-state index contributed by atoms with van der Waals surface area (Å²) < 4.78 is 0. The molecule has 1 rings (SSSR count). The molecular formula is C8H17NO. The van der Waals surface area contributed by atoms with Gasteiger partial charge in [-0.2, -0.15) is 5.06 Å². The molecule has 0 N–H and O–H groups in total. The third kappa shape index (κ3) is 2.67. The van der Waals surface area contributed by atoms with E-state index in [0.29, 0.717) is 0 Å². The van der Waals surface area contributed by atoms with Crippen LogP contribution in [0.15, 0.2) is 0 Å². The zero-order valence-electron chi connectivity index (χ0n) is 6.81. The van der Waals surface area contributed by atoms with Crippen molar-refractivity contribution in [1.82, 2.24) is 5.06 Å². The molecule has 0 unspecified atom stereocenters. The lowest BCUT2D eigenvalue weighted by molar-refractivity contribution is -0.110. The molecule has 0 spiro atoms. The summed E-state index contributed by atoms with van der Waals surface area (Å²) in [5.41, 5.74) is 0. The van der Waals surface area contributed by atoms with E-state index < -0.39 is 0 Å². The average Bonchev–Trinajstić information content (AvgIpc) is 2.41. The van der Waals surface area contributed by atoms with Gasteiger partial charge in [-0.05, 0) is 12.8 Å². The molecule has 1 fully saturated rings. The quantitative estimate of drug-likeness (QED) is 0.556. The minimum atomic E-state index is 0.937. The number of unbranched alkanes of at least 4 members (excludes halogenated alkanes) is 2. The van der Waals surface area contributed by atoms with Gasteiger partial charge in [0.05, 0.1) is 6.61 Å². The summed E-state index contributed by atoms with van der Waals surface area (Å²) in [7, 11) is 0. The summed E-state index contributed by atoms with van der Waals surface area (Å²) in [6, 6.07) is 0.